The zero-order valence-corrected chi connectivity index (χ0v) is 11.3. The van der Waals surface area contributed by atoms with E-state index >= 15 is 0 Å². The fourth-order valence-electron chi connectivity index (χ4n) is 1.57. The summed E-state index contributed by atoms with van der Waals surface area (Å²) in [5.74, 6) is 2.48. The Morgan fingerprint density at radius 2 is 1.88 bits per heavy atom. The van der Waals surface area contributed by atoms with Gasteiger partial charge in [-0.1, -0.05) is 13.8 Å². The molecular weight excluding hydrogens is 214 g/mol. The Kier molecular flexibility index (Phi) is 5.73. The summed E-state index contributed by atoms with van der Waals surface area (Å²) in [6.07, 6.45) is 3.01. The molecule has 0 radical (unpaired) electrons. The van der Waals surface area contributed by atoms with E-state index in [1.54, 1.807) is 0 Å². The van der Waals surface area contributed by atoms with Gasteiger partial charge in [-0.05, 0) is 26.7 Å². The number of hydrogen-bond acceptors (Lipinski definition) is 4. The Bertz CT molecular complexity index is 353. The molecule has 0 aromatic carbocycles. The summed E-state index contributed by atoms with van der Waals surface area (Å²) in [4.78, 5) is 8.99. The molecule has 0 saturated carbocycles. The van der Waals surface area contributed by atoms with E-state index in [0.29, 0.717) is 12.5 Å². The molecule has 0 amide bonds. The standard InChI is InChI=1S/C13H23N3O/c1-5-8-11-15-12(14-9-6-2)10(4)13(16-11)17-7-3/h5-9H2,1-4H3,(H,14,15,16). The van der Waals surface area contributed by atoms with E-state index in [9.17, 15) is 0 Å². The SMILES string of the molecule is CCCNc1nc(CCC)nc(OCC)c1C. The summed E-state index contributed by atoms with van der Waals surface area (Å²) in [5, 5.41) is 3.33. The number of nitrogens with one attached hydrogen (secondary N) is 1. The van der Waals surface area contributed by atoms with Crippen LogP contribution in [0.2, 0.25) is 0 Å². The Morgan fingerprint density at radius 1 is 1.12 bits per heavy atom. The van der Waals surface area contributed by atoms with E-state index < -0.39 is 0 Å². The molecule has 0 atom stereocenters. The van der Waals surface area contributed by atoms with Gasteiger partial charge in [-0.15, -0.1) is 0 Å². The zero-order chi connectivity index (χ0) is 12.7. The van der Waals surface area contributed by atoms with Crippen molar-refractivity contribution in [2.75, 3.05) is 18.5 Å². The number of nitrogens with zero attached hydrogens (tertiary/aromatic N) is 2. The fourth-order valence-corrected chi connectivity index (χ4v) is 1.57. The van der Waals surface area contributed by atoms with Crippen LogP contribution >= 0.6 is 0 Å². The second-order valence-electron chi connectivity index (χ2n) is 4.03. The summed E-state index contributed by atoms with van der Waals surface area (Å²) in [6.45, 7) is 9.80. The molecule has 0 bridgehead atoms. The lowest BCUT2D eigenvalue weighted by atomic mass is 10.2. The van der Waals surface area contributed by atoms with E-state index in [-0.39, 0.29) is 0 Å². The van der Waals surface area contributed by atoms with Crippen LogP contribution in [0.3, 0.4) is 0 Å². The maximum Gasteiger partial charge on any atom is 0.221 e. The van der Waals surface area contributed by atoms with Gasteiger partial charge in [0.05, 0.1) is 12.2 Å². The van der Waals surface area contributed by atoms with Gasteiger partial charge in [-0.25, -0.2) is 4.98 Å². The lowest BCUT2D eigenvalue weighted by Crippen LogP contribution is -2.10. The maximum absolute atomic E-state index is 5.55. The predicted octanol–water partition coefficient (Wildman–Crippen LogP) is 2.96. The molecule has 1 heterocycles. The van der Waals surface area contributed by atoms with Crippen LogP contribution in [-0.4, -0.2) is 23.1 Å². The molecule has 0 spiro atoms. The highest BCUT2D eigenvalue weighted by molar-refractivity contribution is 5.48. The van der Waals surface area contributed by atoms with Crippen LogP contribution in [-0.2, 0) is 6.42 Å². The van der Waals surface area contributed by atoms with Crippen LogP contribution in [0, 0.1) is 6.92 Å². The summed E-state index contributed by atoms with van der Waals surface area (Å²) < 4.78 is 5.55. The molecule has 1 rings (SSSR count). The minimum Gasteiger partial charge on any atom is -0.478 e. The van der Waals surface area contributed by atoms with Crippen LogP contribution in [0.1, 0.15) is 45.0 Å². The third kappa shape index (κ3) is 3.88. The smallest absolute Gasteiger partial charge is 0.221 e. The quantitative estimate of drug-likeness (QED) is 0.792. The van der Waals surface area contributed by atoms with Crippen LogP contribution in [0.15, 0.2) is 0 Å². The second kappa shape index (κ2) is 7.09. The molecule has 17 heavy (non-hydrogen) atoms. The molecule has 0 fully saturated rings. The van der Waals surface area contributed by atoms with Crippen molar-refractivity contribution in [3.63, 3.8) is 0 Å². The minimum atomic E-state index is 0.636. The topological polar surface area (TPSA) is 47.0 Å². The fraction of sp³-hybridized carbons (Fsp3) is 0.692. The predicted molar refractivity (Wildman–Crippen MR) is 70.7 cm³/mol. The number of hydrogen-bond donors (Lipinski definition) is 1. The highest BCUT2D eigenvalue weighted by Crippen LogP contribution is 2.22. The monoisotopic (exact) mass is 237 g/mol. The van der Waals surface area contributed by atoms with E-state index in [0.717, 1.165) is 43.0 Å². The Balaban J connectivity index is 2.99. The number of anilines is 1. The first-order valence-electron chi connectivity index (χ1n) is 6.47. The zero-order valence-electron chi connectivity index (χ0n) is 11.3. The van der Waals surface area contributed by atoms with Gasteiger partial charge in [-0.3, -0.25) is 0 Å². The van der Waals surface area contributed by atoms with Crippen molar-refractivity contribution in [3.8, 4) is 5.88 Å². The van der Waals surface area contributed by atoms with E-state index in [1.807, 2.05) is 13.8 Å². The molecule has 1 aromatic rings. The molecule has 4 heteroatoms. The van der Waals surface area contributed by atoms with Gasteiger partial charge in [0.1, 0.15) is 11.6 Å². The van der Waals surface area contributed by atoms with Crippen molar-refractivity contribution < 1.29 is 4.74 Å². The molecule has 0 saturated heterocycles. The van der Waals surface area contributed by atoms with Crippen LogP contribution in [0.5, 0.6) is 5.88 Å². The summed E-state index contributed by atoms with van der Waals surface area (Å²) in [6, 6.07) is 0. The van der Waals surface area contributed by atoms with Crippen molar-refractivity contribution in [2.45, 2.75) is 47.0 Å². The maximum atomic E-state index is 5.55. The van der Waals surface area contributed by atoms with Crippen LogP contribution in [0.25, 0.3) is 0 Å². The number of rotatable bonds is 7. The van der Waals surface area contributed by atoms with Gasteiger partial charge in [-0.2, -0.15) is 4.98 Å². The molecule has 0 aliphatic carbocycles. The molecule has 0 aliphatic rings. The third-order valence-corrected chi connectivity index (χ3v) is 2.44. The molecule has 96 valence electrons. The van der Waals surface area contributed by atoms with Crippen molar-refractivity contribution in [1.82, 2.24) is 9.97 Å². The number of aryl methyl sites for hydroxylation is 1. The lowest BCUT2D eigenvalue weighted by molar-refractivity contribution is 0.322. The summed E-state index contributed by atoms with van der Waals surface area (Å²) in [7, 11) is 0. The minimum absolute atomic E-state index is 0.636. The number of aromatic nitrogens is 2. The van der Waals surface area contributed by atoms with Gasteiger partial charge >= 0.3 is 0 Å². The second-order valence-corrected chi connectivity index (χ2v) is 4.03. The van der Waals surface area contributed by atoms with Gasteiger partial charge in [0, 0.05) is 13.0 Å². The van der Waals surface area contributed by atoms with Crippen molar-refractivity contribution in [3.05, 3.63) is 11.4 Å². The Hall–Kier alpha value is -1.32. The lowest BCUT2D eigenvalue weighted by Gasteiger charge is -2.13. The molecule has 0 aliphatic heterocycles. The van der Waals surface area contributed by atoms with Gasteiger partial charge in [0.15, 0.2) is 0 Å². The van der Waals surface area contributed by atoms with E-state index in [2.05, 4.69) is 29.1 Å². The molecule has 0 unspecified atom stereocenters. The highest BCUT2D eigenvalue weighted by atomic mass is 16.5. The average molecular weight is 237 g/mol. The van der Waals surface area contributed by atoms with E-state index in [1.165, 1.54) is 0 Å². The molecular formula is C13H23N3O. The van der Waals surface area contributed by atoms with Gasteiger partial charge in [0.2, 0.25) is 5.88 Å². The normalized spacial score (nSPS) is 10.4. The van der Waals surface area contributed by atoms with Gasteiger partial charge < -0.3 is 10.1 Å². The number of ether oxygens (including phenoxy) is 1. The molecule has 1 N–H and O–H groups in total. The van der Waals surface area contributed by atoms with E-state index in [4.69, 9.17) is 4.74 Å². The van der Waals surface area contributed by atoms with Crippen LogP contribution < -0.4 is 10.1 Å². The summed E-state index contributed by atoms with van der Waals surface area (Å²) in [5.41, 5.74) is 1.00. The average Bonchev–Trinajstić information content (AvgIpc) is 2.32. The van der Waals surface area contributed by atoms with Crippen LogP contribution in [0.4, 0.5) is 5.82 Å². The molecule has 1 aromatic heterocycles. The highest BCUT2D eigenvalue weighted by Gasteiger charge is 2.10. The van der Waals surface area contributed by atoms with Crippen molar-refractivity contribution in [1.29, 1.82) is 0 Å². The Labute approximate surface area is 104 Å². The van der Waals surface area contributed by atoms with Gasteiger partial charge in [0.25, 0.3) is 0 Å². The first-order valence-corrected chi connectivity index (χ1v) is 6.47. The third-order valence-electron chi connectivity index (χ3n) is 2.44. The Morgan fingerprint density at radius 3 is 2.47 bits per heavy atom. The molecule has 4 nitrogen and oxygen atoms in total. The van der Waals surface area contributed by atoms with Crippen molar-refractivity contribution >= 4 is 5.82 Å². The summed E-state index contributed by atoms with van der Waals surface area (Å²) >= 11 is 0. The largest absolute Gasteiger partial charge is 0.478 e. The first kappa shape index (κ1) is 13.7. The van der Waals surface area contributed by atoms with Crippen molar-refractivity contribution in [2.24, 2.45) is 0 Å². The first-order chi connectivity index (χ1) is 8.22.